The molecule has 0 saturated carbocycles. The van der Waals surface area contributed by atoms with Crippen molar-refractivity contribution in [3.8, 4) is 0 Å². The van der Waals surface area contributed by atoms with Crippen molar-refractivity contribution in [2.75, 3.05) is 6.61 Å². The molecule has 3 atom stereocenters. The number of aliphatic hydroxyl groups is 1. The quantitative estimate of drug-likeness (QED) is 0.288. The summed E-state index contributed by atoms with van der Waals surface area (Å²) in [6.45, 7) is 9.58. The highest BCUT2D eigenvalue weighted by Gasteiger charge is 2.51. The van der Waals surface area contributed by atoms with Crippen molar-refractivity contribution in [1.29, 1.82) is 0 Å². The topological polar surface area (TPSA) is 59.1 Å². The molecule has 1 heterocycles. The van der Waals surface area contributed by atoms with Gasteiger partial charge in [-0.3, -0.25) is 4.79 Å². The largest absolute Gasteiger partial charge is 0.462 e. The van der Waals surface area contributed by atoms with Gasteiger partial charge in [-0.25, -0.2) is 0 Å². The van der Waals surface area contributed by atoms with Gasteiger partial charge in [0, 0.05) is 11.8 Å². The summed E-state index contributed by atoms with van der Waals surface area (Å²) in [5, 5.41) is 9.94. The Kier molecular flexibility index (Phi) is 7.09. The van der Waals surface area contributed by atoms with E-state index >= 15 is 0 Å². The first-order valence-electron chi connectivity index (χ1n) is 7.88. The zero-order valence-corrected chi connectivity index (χ0v) is 15.9. The number of epoxide rings is 1. The molecule has 22 heavy (non-hydrogen) atoms. The molecule has 128 valence electrons. The fraction of sp³-hybridized carbons (Fsp3) is 0.824. The molecule has 1 fully saturated rings. The number of hydrogen-bond acceptors (Lipinski definition) is 4. The number of halogens is 1. The maximum Gasteiger partial charge on any atom is 0.302 e. The highest BCUT2D eigenvalue weighted by atomic mass is 79.9. The van der Waals surface area contributed by atoms with Gasteiger partial charge in [-0.1, -0.05) is 21.5 Å². The van der Waals surface area contributed by atoms with E-state index in [1.165, 1.54) is 12.5 Å². The van der Waals surface area contributed by atoms with Crippen molar-refractivity contribution in [2.24, 2.45) is 0 Å². The van der Waals surface area contributed by atoms with E-state index < -0.39 is 5.60 Å². The lowest BCUT2D eigenvalue weighted by atomic mass is 9.93. The van der Waals surface area contributed by atoms with E-state index in [2.05, 4.69) is 22.9 Å². The van der Waals surface area contributed by atoms with E-state index in [0.717, 1.165) is 25.7 Å². The number of rotatable bonds is 9. The van der Waals surface area contributed by atoms with Crippen LogP contribution < -0.4 is 0 Å². The molecular formula is C17H29BrO4. The minimum Gasteiger partial charge on any atom is -0.462 e. The fourth-order valence-electron chi connectivity index (χ4n) is 2.40. The molecule has 0 radical (unpaired) electrons. The minimum absolute atomic E-state index is 0.0621. The standard InChI is InChI=1S/C17H29BrO4/c1-12(9-11-21-13(2)19)6-7-15-17(5,22-15)10-8-14(18)16(3,4)20/h9,14-15,20H,6-8,10-11H2,1-5H3/b12-9+/t14-,15+,17+/m0/s1. The lowest BCUT2D eigenvalue weighted by Gasteiger charge is -2.24. The van der Waals surface area contributed by atoms with Gasteiger partial charge in [-0.2, -0.15) is 0 Å². The van der Waals surface area contributed by atoms with E-state index in [1.807, 2.05) is 26.8 Å². The van der Waals surface area contributed by atoms with E-state index in [9.17, 15) is 9.90 Å². The number of hydrogen-bond donors (Lipinski definition) is 1. The molecule has 1 N–H and O–H groups in total. The average molecular weight is 377 g/mol. The Hall–Kier alpha value is -0.390. The van der Waals surface area contributed by atoms with Gasteiger partial charge in [-0.15, -0.1) is 0 Å². The summed E-state index contributed by atoms with van der Waals surface area (Å²) < 4.78 is 10.7. The molecule has 0 spiro atoms. The molecule has 0 amide bonds. The maximum atomic E-state index is 10.7. The highest BCUT2D eigenvalue weighted by Crippen LogP contribution is 2.44. The molecule has 0 bridgehead atoms. The van der Waals surface area contributed by atoms with Crippen LogP contribution in [0.5, 0.6) is 0 Å². The van der Waals surface area contributed by atoms with Crippen LogP contribution in [0, 0.1) is 0 Å². The van der Waals surface area contributed by atoms with E-state index in [-0.39, 0.29) is 22.5 Å². The van der Waals surface area contributed by atoms with Gasteiger partial charge in [0.15, 0.2) is 0 Å². The Balaban J connectivity index is 2.26. The van der Waals surface area contributed by atoms with Gasteiger partial charge in [0.05, 0.1) is 17.3 Å². The Labute approximate surface area is 142 Å². The Bertz CT molecular complexity index is 413. The van der Waals surface area contributed by atoms with Gasteiger partial charge in [0.25, 0.3) is 0 Å². The molecule has 0 unspecified atom stereocenters. The monoisotopic (exact) mass is 376 g/mol. The molecule has 5 heteroatoms. The molecule has 1 aliphatic rings. The van der Waals surface area contributed by atoms with Crippen LogP contribution in [-0.2, 0) is 14.3 Å². The van der Waals surface area contributed by atoms with Gasteiger partial charge >= 0.3 is 5.97 Å². The maximum absolute atomic E-state index is 10.7. The molecule has 0 aromatic heterocycles. The number of carbonyl (C=O) groups is 1. The van der Waals surface area contributed by atoms with Crippen LogP contribution in [0.15, 0.2) is 11.6 Å². The minimum atomic E-state index is -0.712. The van der Waals surface area contributed by atoms with E-state index in [0.29, 0.717) is 6.61 Å². The highest BCUT2D eigenvalue weighted by molar-refractivity contribution is 9.09. The molecule has 1 aliphatic heterocycles. The normalized spacial score (nSPS) is 26.7. The number of allylic oxidation sites excluding steroid dienone is 1. The Morgan fingerprint density at radius 1 is 1.50 bits per heavy atom. The first-order chi connectivity index (χ1) is 10.0. The summed E-state index contributed by atoms with van der Waals surface area (Å²) in [5.41, 5.74) is 0.443. The Morgan fingerprint density at radius 2 is 2.14 bits per heavy atom. The van der Waals surface area contributed by atoms with Crippen molar-refractivity contribution >= 4 is 21.9 Å². The summed E-state index contributed by atoms with van der Waals surface area (Å²) in [4.78, 5) is 10.8. The molecule has 1 saturated heterocycles. The summed E-state index contributed by atoms with van der Waals surface area (Å²) in [6.07, 6.45) is 5.99. The Morgan fingerprint density at radius 3 is 2.68 bits per heavy atom. The predicted octanol–water partition coefficient (Wildman–Crippen LogP) is 3.75. The van der Waals surface area contributed by atoms with Crippen LogP contribution >= 0.6 is 15.9 Å². The van der Waals surface area contributed by atoms with Crippen molar-refractivity contribution in [3.63, 3.8) is 0 Å². The van der Waals surface area contributed by atoms with Crippen LogP contribution in [0.2, 0.25) is 0 Å². The lowest BCUT2D eigenvalue weighted by molar-refractivity contribution is -0.139. The average Bonchev–Trinajstić information content (AvgIpc) is 3.03. The number of esters is 1. The first-order valence-corrected chi connectivity index (χ1v) is 8.79. The summed E-state index contributed by atoms with van der Waals surface area (Å²) in [5.74, 6) is -0.252. The zero-order valence-electron chi connectivity index (χ0n) is 14.3. The van der Waals surface area contributed by atoms with E-state index in [1.54, 1.807) is 0 Å². The SMILES string of the molecule is CC(=O)OC/C=C(\C)CC[C@H]1O[C@]1(C)CC[C@H](Br)C(C)(C)O. The summed E-state index contributed by atoms with van der Waals surface area (Å²) in [7, 11) is 0. The van der Waals surface area contributed by atoms with Gasteiger partial charge < -0.3 is 14.6 Å². The van der Waals surface area contributed by atoms with Crippen LogP contribution in [0.3, 0.4) is 0 Å². The zero-order chi connectivity index (χ0) is 17.0. The third kappa shape index (κ3) is 6.80. The van der Waals surface area contributed by atoms with Crippen LogP contribution in [-0.4, -0.2) is 39.8 Å². The second kappa shape index (κ2) is 7.93. The summed E-state index contributed by atoms with van der Waals surface area (Å²) in [6, 6.07) is 0. The van der Waals surface area contributed by atoms with Crippen molar-refractivity contribution in [1.82, 2.24) is 0 Å². The van der Waals surface area contributed by atoms with Crippen LogP contribution in [0.1, 0.15) is 60.3 Å². The smallest absolute Gasteiger partial charge is 0.302 e. The fourth-order valence-corrected chi connectivity index (χ4v) is 2.63. The molecule has 0 aliphatic carbocycles. The molecule has 0 aromatic carbocycles. The number of ether oxygens (including phenoxy) is 2. The third-order valence-electron chi connectivity index (χ3n) is 4.22. The van der Waals surface area contributed by atoms with Crippen molar-refractivity contribution in [3.05, 3.63) is 11.6 Å². The van der Waals surface area contributed by atoms with Crippen LogP contribution in [0.4, 0.5) is 0 Å². The van der Waals surface area contributed by atoms with Crippen molar-refractivity contribution in [2.45, 2.75) is 82.4 Å². The van der Waals surface area contributed by atoms with Gasteiger partial charge in [0.1, 0.15) is 6.61 Å². The number of carbonyl (C=O) groups excluding carboxylic acids is 1. The molecular weight excluding hydrogens is 348 g/mol. The molecule has 1 rings (SSSR count). The third-order valence-corrected chi connectivity index (χ3v) is 5.79. The number of alkyl halides is 1. The van der Waals surface area contributed by atoms with E-state index in [4.69, 9.17) is 9.47 Å². The van der Waals surface area contributed by atoms with Gasteiger partial charge in [-0.05, 0) is 59.5 Å². The van der Waals surface area contributed by atoms with Crippen LogP contribution in [0.25, 0.3) is 0 Å². The lowest BCUT2D eigenvalue weighted by Crippen LogP contribution is -2.32. The second-order valence-electron chi connectivity index (χ2n) is 6.97. The first kappa shape index (κ1) is 19.7. The van der Waals surface area contributed by atoms with Crippen molar-refractivity contribution < 1.29 is 19.4 Å². The summed E-state index contributed by atoms with van der Waals surface area (Å²) >= 11 is 3.54. The van der Waals surface area contributed by atoms with Gasteiger partial charge in [0.2, 0.25) is 0 Å². The molecule has 4 nitrogen and oxygen atoms in total. The predicted molar refractivity (Wildman–Crippen MR) is 91.1 cm³/mol. The molecule has 0 aromatic rings. The second-order valence-corrected chi connectivity index (χ2v) is 8.08.